The molecule has 8 nitrogen and oxygen atoms in total. The highest BCUT2D eigenvalue weighted by molar-refractivity contribution is 9.10. The molecular weight excluding hydrogens is 568 g/mol. The van der Waals surface area contributed by atoms with Crippen LogP contribution in [0.15, 0.2) is 82.0 Å². The van der Waals surface area contributed by atoms with Crippen LogP contribution >= 0.6 is 31.9 Å². The van der Waals surface area contributed by atoms with E-state index in [9.17, 15) is 10.1 Å². The highest BCUT2D eigenvalue weighted by Gasteiger charge is 2.17. The molecule has 0 aliphatic heterocycles. The Bertz CT molecular complexity index is 1280. The second-order valence-corrected chi connectivity index (χ2v) is 8.66. The number of halogens is 2. The monoisotopic (exact) mass is 586 g/mol. The van der Waals surface area contributed by atoms with Crippen LogP contribution < -0.4 is 15.2 Å². The molecule has 0 spiro atoms. The largest absolute Gasteiger partial charge is 0.497 e. The van der Waals surface area contributed by atoms with E-state index < -0.39 is 4.92 Å². The Balaban J connectivity index is 0.000000192. The van der Waals surface area contributed by atoms with Crippen molar-refractivity contribution in [3.05, 3.63) is 92.1 Å². The Labute approximate surface area is 213 Å². The van der Waals surface area contributed by atoms with E-state index in [4.69, 9.17) is 15.2 Å². The zero-order chi connectivity index (χ0) is 24.7. The third kappa shape index (κ3) is 6.30. The van der Waals surface area contributed by atoms with Gasteiger partial charge < -0.3 is 15.2 Å². The normalized spacial score (nSPS) is 10.1. The number of nitrogens with zero attached hydrogens (tertiary/aromatic N) is 3. The Morgan fingerprint density at radius 1 is 0.794 bits per heavy atom. The first-order valence-electron chi connectivity index (χ1n) is 9.82. The van der Waals surface area contributed by atoms with Crippen LogP contribution in [0, 0.1) is 10.1 Å². The first-order chi connectivity index (χ1) is 16.3. The summed E-state index contributed by atoms with van der Waals surface area (Å²) in [7, 11) is 3.20. The number of benzene rings is 2. The van der Waals surface area contributed by atoms with Gasteiger partial charge in [0.05, 0.1) is 30.5 Å². The SMILES string of the molecule is COc1ccc(-c2ncc(Br)cc2N)cc1.COc1ccc(-c2ncc(Br)cc2[N+](=O)[O-])cc1. The molecule has 34 heavy (non-hydrogen) atoms. The maximum atomic E-state index is 11.0. The van der Waals surface area contributed by atoms with Gasteiger partial charge in [0.25, 0.3) is 5.69 Å². The minimum Gasteiger partial charge on any atom is -0.497 e. The van der Waals surface area contributed by atoms with Gasteiger partial charge in [0.1, 0.15) is 17.2 Å². The number of ether oxygens (including phenoxy) is 2. The predicted octanol–water partition coefficient (Wildman–Crippen LogP) is 6.53. The zero-order valence-corrected chi connectivity index (χ0v) is 21.4. The summed E-state index contributed by atoms with van der Waals surface area (Å²) in [6, 6.07) is 17.9. The molecule has 0 aliphatic rings. The van der Waals surface area contributed by atoms with Crippen molar-refractivity contribution in [2.75, 3.05) is 20.0 Å². The molecule has 2 aromatic heterocycles. The second kappa shape index (κ2) is 11.6. The number of nitrogens with two attached hydrogens (primary N) is 1. The molecule has 4 aromatic rings. The lowest BCUT2D eigenvalue weighted by atomic mass is 10.1. The fraction of sp³-hybridized carbons (Fsp3) is 0.0833. The number of aromatic nitrogens is 2. The van der Waals surface area contributed by atoms with Crippen molar-refractivity contribution in [2.45, 2.75) is 0 Å². The summed E-state index contributed by atoms with van der Waals surface area (Å²) in [5, 5.41) is 11.0. The minimum atomic E-state index is -0.447. The van der Waals surface area contributed by atoms with Crippen molar-refractivity contribution in [3.8, 4) is 34.0 Å². The number of anilines is 1. The topological polar surface area (TPSA) is 113 Å². The van der Waals surface area contributed by atoms with Gasteiger partial charge in [0.2, 0.25) is 0 Å². The van der Waals surface area contributed by atoms with E-state index in [2.05, 4.69) is 41.8 Å². The lowest BCUT2D eigenvalue weighted by molar-refractivity contribution is -0.384. The summed E-state index contributed by atoms with van der Waals surface area (Å²) in [4.78, 5) is 18.9. The molecule has 10 heteroatoms. The molecular formula is C24H20Br2N4O4. The van der Waals surface area contributed by atoms with Crippen LogP contribution in [0.2, 0.25) is 0 Å². The fourth-order valence-electron chi connectivity index (χ4n) is 2.98. The quantitative estimate of drug-likeness (QED) is 0.208. The molecule has 0 fully saturated rings. The molecule has 174 valence electrons. The zero-order valence-electron chi connectivity index (χ0n) is 18.2. The molecule has 0 saturated carbocycles. The molecule has 2 heterocycles. The summed E-state index contributed by atoms with van der Waals surface area (Å²) in [6.07, 6.45) is 3.27. The molecule has 2 N–H and O–H groups in total. The standard InChI is InChI=1S/C12H9BrN2O3.C12H11BrN2O/c1-18-10-4-2-8(3-5-10)12-11(15(16)17)6-9(13)7-14-12;1-16-10-4-2-8(3-5-10)12-11(14)6-9(13)7-15-12/h2-7H,1H3;2-7H,14H2,1H3. The fourth-order valence-corrected chi connectivity index (χ4v) is 3.65. The number of methoxy groups -OCH3 is 2. The number of nitro groups is 1. The van der Waals surface area contributed by atoms with Crippen LogP contribution in [0.4, 0.5) is 11.4 Å². The summed E-state index contributed by atoms with van der Waals surface area (Å²) in [5.74, 6) is 1.51. The van der Waals surface area contributed by atoms with Gasteiger partial charge >= 0.3 is 0 Å². The van der Waals surface area contributed by atoms with E-state index in [1.54, 1.807) is 44.7 Å². The summed E-state index contributed by atoms with van der Waals surface area (Å²) >= 11 is 6.50. The van der Waals surface area contributed by atoms with Crippen LogP contribution in [-0.2, 0) is 0 Å². The van der Waals surface area contributed by atoms with Gasteiger partial charge in [-0.15, -0.1) is 0 Å². The maximum absolute atomic E-state index is 11.0. The number of rotatable bonds is 5. The Hall–Kier alpha value is -3.50. The smallest absolute Gasteiger partial charge is 0.296 e. The Morgan fingerprint density at radius 3 is 1.68 bits per heavy atom. The van der Waals surface area contributed by atoms with E-state index >= 15 is 0 Å². The highest BCUT2D eigenvalue weighted by atomic mass is 79.9. The molecule has 0 radical (unpaired) electrons. The van der Waals surface area contributed by atoms with Gasteiger partial charge in [-0.1, -0.05) is 0 Å². The van der Waals surface area contributed by atoms with Crippen LogP contribution in [-0.4, -0.2) is 29.1 Å². The first-order valence-corrected chi connectivity index (χ1v) is 11.4. The molecule has 0 atom stereocenters. The van der Waals surface area contributed by atoms with Crippen LogP contribution in [0.25, 0.3) is 22.5 Å². The number of hydrogen-bond acceptors (Lipinski definition) is 7. The molecule has 0 bridgehead atoms. The average molecular weight is 588 g/mol. The van der Waals surface area contributed by atoms with E-state index in [0.29, 0.717) is 27.2 Å². The minimum absolute atomic E-state index is 0.0328. The van der Waals surface area contributed by atoms with Crippen molar-refractivity contribution in [3.63, 3.8) is 0 Å². The lowest BCUT2D eigenvalue weighted by Crippen LogP contribution is -1.95. The third-order valence-corrected chi connectivity index (χ3v) is 5.51. The number of pyridine rings is 2. The Morgan fingerprint density at radius 2 is 1.24 bits per heavy atom. The van der Waals surface area contributed by atoms with Crippen molar-refractivity contribution in [1.29, 1.82) is 0 Å². The van der Waals surface area contributed by atoms with Crippen molar-refractivity contribution >= 4 is 43.2 Å². The van der Waals surface area contributed by atoms with E-state index in [1.807, 2.05) is 30.3 Å². The third-order valence-electron chi connectivity index (χ3n) is 4.64. The lowest BCUT2D eigenvalue weighted by Gasteiger charge is -2.06. The van der Waals surface area contributed by atoms with E-state index in [1.165, 1.54) is 12.3 Å². The molecule has 4 rings (SSSR count). The molecule has 0 amide bonds. The predicted molar refractivity (Wildman–Crippen MR) is 139 cm³/mol. The highest BCUT2D eigenvalue weighted by Crippen LogP contribution is 2.31. The van der Waals surface area contributed by atoms with Gasteiger partial charge in [-0.3, -0.25) is 15.1 Å². The van der Waals surface area contributed by atoms with Gasteiger partial charge in [-0.25, -0.2) is 4.98 Å². The van der Waals surface area contributed by atoms with Crippen LogP contribution in [0.3, 0.4) is 0 Å². The van der Waals surface area contributed by atoms with Crippen LogP contribution in [0.1, 0.15) is 0 Å². The van der Waals surface area contributed by atoms with Crippen LogP contribution in [0.5, 0.6) is 11.5 Å². The van der Waals surface area contributed by atoms with Gasteiger partial charge in [-0.05, 0) is 86.5 Å². The molecule has 0 aliphatic carbocycles. The van der Waals surface area contributed by atoms with Gasteiger partial charge in [-0.2, -0.15) is 0 Å². The van der Waals surface area contributed by atoms with Crippen molar-refractivity contribution in [1.82, 2.24) is 9.97 Å². The maximum Gasteiger partial charge on any atom is 0.296 e. The number of nitrogen functional groups attached to an aromatic ring is 1. The summed E-state index contributed by atoms with van der Waals surface area (Å²) in [5.41, 5.74) is 9.30. The van der Waals surface area contributed by atoms with Gasteiger partial charge in [0.15, 0.2) is 0 Å². The van der Waals surface area contributed by atoms with E-state index in [-0.39, 0.29) is 5.69 Å². The van der Waals surface area contributed by atoms with Gasteiger partial charge in [0, 0.05) is 38.5 Å². The summed E-state index contributed by atoms with van der Waals surface area (Å²) < 4.78 is 11.6. The first kappa shape index (κ1) is 25.1. The Kier molecular flexibility index (Phi) is 8.55. The van der Waals surface area contributed by atoms with E-state index in [0.717, 1.165) is 21.5 Å². The number of hydrogen-bond donors (Lipinski definition) is 1. The summed E-state index contributed by atoms with van der Waals surface area (Å²) in [6.45, 7) is 0. The second-order valence-electron chi connectivity index (χ2n) is 6.83. The van der Waals surface area contributed by atoms with Crippen molar-refractivity contribution in [2.24, 2.45) is 0 Å². The van der Waals surface area contributed by atoms with Crippen molar-refractivity contribution < 1.29 is 14.4 Å². The average Bonchev–Trinajstić information content (AvgIpc) is 2.84. The molecule has 2 aromatic carbocycles. The molecule has 0 unspecified atom stereocenters. The molecule has 0 saturated heterocycles.